The normalized spacial score (nSPS) is 20.5. The highest BCUT2D eigenvalue weighted by atomic mass is 32.1. The smallest absolute Gasteiger partial charge is 0.399 e. The Kier molecular flexibility index (Phi) is 3.28. The van der Waals surface area contributed by atoms with Gasteiger partial charge < -0.3 is 14.3 Å². The molecule has 1 aromatic rings. The molecule has 0 bridgehead atoms. The summed E-state index contributed by atoms with van der Waals surface area (Å²) in [4.78, 5) is 13.0. The Hall–Kier alpha value is -1.25. The van der Waals surface area contributed by atoms with Gasteiger partial charge in [-0.05, 0) is 27.7 Å². The van der Waals surface area contributed by atoms with Crippen LogP contribution in [0.5, 0.6) is 0 Å². The van der Waals surface area contributed by atoms with Crippen molar-refractivity contribution < 1.29 is 14.2 Å². The lowest BCUT2D eigenvalue weighted by Crippen LogP contribution is -2.41. The third kappa shape index (κ3) is 2.43. The Labute approximate surface area is 116 Å². The molecule has 0 saturated carbocycles. The molecule has 0 aliphatic carbocycles. The van der Waals surface area contributed by atoms with Gasteiger partial charge in [0.05, 0.1) is 22.3 Å². The van der Waals surface area contributed by atoms with Crippen LogP contribution >= 0.6 is 12.2 Å². The summed E-state index contributed by atoms with van der Waals surface area (Å²) in [5, 5.41) is 10.8. The Balaban J connectivity index is 2.42. The summed E-state index contributed by atoms with van der Waals surface area (Å²) < 4.78 is 12.0. The van der Waals surface area contributed by atoms with Gasteiger partial charge in [0, 0.05) is 11.5 Å². The van der Waals surface area contributed by atoms with E-state index in [4.69, 9.17) is 21.5 Å². The number of aromatic amines is 1. The Morgan fingerprint density at radius 2 is 1.84 bits per heavy atom. The fourth-order valence-electron chi connectivity index (χ4n) is 1.74. The number of hydrogen-bond acceptors (Lipinski definition) is 5. The van der Waals surface area contributed by atoms with Crippen LogP contribution in [0.2, 0.25) is 0 Å². The predicted molar refractivity (Wildman–Crippen MR) is 74.0 cm³/mol. The van der Waals surface area contributed by atoms with Gasteiger partial charge in [-0.25, -0.2) is 0 Å². The zero-order valence-corrected chi connectivity index (χ0v) is 12.0. The number of nitrogens with one attached hydrogen (secondary N) is 1. The number of rotatable bonds is 2. The van der Waals surface area contributed by atoms with Gasteiger partial charge in [-0.2, -0.15) is 0 Å². The van der Waals surface area contributed by atoms with E-state index in [9.17, 15) is 10.1 Å². The van der Waals surface area contributed by atoms with Gasteiger partial charge in [0.25, 0.3) is 5.69 Å². The van der Waals surface area contributed by atoms with Gasteiger partial charge in [-0.15, -0.1) is 0 Å². The van der Waals surface area contributed by atoms with Crippen molar-refractivity contribution in [3.05, 3.63) is 27.0 Å². The molecule has 1 aliphatic heterocycles. The maximum Gasteiger partial charge on any atom is 0.498 e. The Morgan fingerprint density at radius 3 is 2.32 bits per heavy atom. The van der Waals surface area contributed by atoms with E-state index in [-0.39, 0.29) is 5.69 Å². The van der Waals surface area contributed by atoms with Crippen molar-refractivity contribution in [3.63, 3.8) is 0 Å². The van der Waals surface area contributed by atoms with Crippen LogP contribution in [0.25, 0.3) is 0 Å². The lowest BCUT2D eigenvalue weighted by molar-refractivity contribution is -0.385. The average Bonchev–Trinajstić information content (AvgIpc) is 2.48. The highest BCUT2D eigenvalue weighted by Crippen LogP contribution is 2.36. The van der Waals surface area contributed by atoms with Crippen LogP contribution in [-0.2, 0) is 9.31 Å². The first-order valence-corrected chi connectivity index (χ1v) is 6.27. The summed E-state index contributed by atoms with van der Waals surface area (Å²) >= 11 is 5.15. The van der Waals surface area contributed by atoms with E-state index >= 15 is 0 Å². The molecule has 1 fully saturated rings. The summed E-state index contributed by atoms with van der Waals surface area (Å²) in [5.74, 6) is 0. The van der Waals surface area contributed by atoms with Crippen molar-refractivity contribution in [1.29, 1.82) is 0 Å². The Morgan fingerprint density at radius 1 is 1.32 bits per heavy atom. The maximum atomic E-state index is 10.8. The molecule has 0 amide bonds. The highest BCUT2D eigenvalue weighted by molar-refractivity contribution is 7.71. The van der Waals surface area contributed by atoms with Gasteiger partial charge >= 0.3 is 7.12 Å². The zero-order chi connectivity index (χ0) is 14.4. The minimum absolute atomic E-state index is 0.0710. The fraction of sp³-hybridized carbons (Fsp3) is 0.545. The van der Waals surface area contributed by atoms with Gasteiger partial charge in [-0.1, -0.05) is 12.2 Å². The molecule has 102 valence electrons. The molecule has 0 radical (unpaired) electrons. The molecule has 19 heavy (non-hydrogen) atoms. The van der Waals surface area contributed by atoms with Crippen LogP contribution in [-0.4, -0.2) is 28.2 Å². The second-order valence-corrected chi connectivity index (χ2v) is 5.90. The van der Waals surface area contributed by atoms with Crippen LogP contribution in [0.4, 0.5) is 5.69 Å². The van der Waals surface area contributed by atoms with Crippen LogP contribution < -0.4 is 5.46 Å². The summed E-state index contributed by atoms with van der Waals surface area (Å²) in [6.45, 7) is 7.66. The van der Waals surface area contributed by atoms with Crippen LogP contribution in [0.3, 0.4) is 0 Å². The van der Waals surface area contributed by atoms with Gasteiger partial charge in [0.15, 0.2) is 0 Å². The molecule has 8 heteroatoms. The van der Waals surface area contributed by atoms with Crippen molar-refractivity contribution in [2.45, 2.75) is 38.9 Å². The van der Waals surface area contributed by atoms with Crippen LogP contribution in [0.15, 0.2) is 12.3 Å². The molecular weight excluding hydrogens is 267 g/mol. The molecule has 0 atom stereocenters. The molecule has 0 spiro atoms. The van der Waals surface area contributed by atoms with Gasteiger partial charge in [0.2, 0.25) is 0 Å². The van der Waals surface area contributed by atoms with Crippen molar-refractivity contribution in [3.8, 4) is 0 Å². The van der Waals surface area contributed by atoms with Crippen molar-refractivity contribution in [1.82, 2.24) is 4.98 Å². The number of nitrogens with zero attached hydrogens (tertiary/aromatic N) is 1. The topological polar surface area (TPSA) is 77.4 Å². The Bertz CT molecular complexity index is 568. The van der Waals surface area contributed by atoms with Crippen molar-refractivity contribution >= 4 is 30.5 Å². The van der Waals surface area contributed by atoms with Crippen LogP contribution in [0.1, 0.15) is 27.7 Å². The molecular formula is C11H15BN2O4S. The van der Waals surface area contributed by atoms with E-state index in [1.54, 1.807) is 0 Å². The van der Waals surface area contributed by atoms with Gasteiger partial charge in [-0.3, -0.25) is 10.1 Å². The summed E-state index contributed by atoms with van der Waals surface area (Å²) in [5.41, 5.74) is -0.616. The number of hydrogen-bond donors (Lipinski definition) is 1. The van der Waals surface area contributed by atoms with Crippen LogP contribution in [0, 0.1) is 14.8 Å². The minimum Gasteiger partial charge on any atom is -0.399 e. The number of aromatic nitrogens is 1. The predicted octanol–water partition coefficient (Wildman–Crippen LogP) is 1.95. The van der Waals surface area contributed by atoms with E-state index < -0.39 is 23.2 Å². The first-order chi connectivity index (χ1) is 8.64. The quantitative estimate of drug-likeness (QED) is 0.388. The third-order valence-corrected chi connectivity index (χ3v) is 3.99. The molecule has 1 aliphatic rings. The summed E-state index contributed by atoms with van der Waals surface area (Å²) in [7, 11) is -0.700. The monoisotopic (exact) mass is 282 g/mol. The molecule has 0 unspecified atom stereocenters. The van der Waals surface area contributed by atoms with E-state index in [1.165, 1.54) is 12.3 Å². The first-order valence-electron chi connectivity index (χ1n) is 5.87. The van der Waals surface area contributed by atoms with Crippen molar-refractivity contribution in [2.75, 3.05) is 0 Å². The third-order valence-electron chi connectivity index (χ3n) is 3.63. The SMILES string of the molecule is CC1(C)OB(c2cc([N+](=O)[O-])c[nH]c2=S)OC1(C)C. The first kappa shape index (κ1) is 14.2. The number of H-pyrrole nitrogens is 1. The average molecular weight is 282 g/mol. The minimum atomic E-state index is -0.700. The van der Waals surface area contributed by atoms with E-state index in [0.717, 1.165) is 0 Å². The van der Waals surface area contributed by atoms with Crippen molar-refractivity contribution in [2.24, 2.45) is 0 Å². The summed E-state index contributed by atoms with van der Waals surface area (Å²) in [6.07, 6.45) is 1.26. The van der Waals surface area contributed by atoms with Gasteiger partial charge in [0.1, 0.15) is 4.64 Å². The largest absolute Gasteiger partial charge is 0.498 e. The fourth-order valence-corrected chi connectivity index (χ4v) is 1.95. The maximum absolute atomic E-state index is 10.8. The van der Waals surface area contributed by atoms with E-state index in [2.05, 4.69) is 4.98 Å². The molecule has 2 heterocycles. The second kappa shape index (κ2) is 4.40. The van der Waals surface area contributed by atoms with E-state index in [0.29, 0.717) is 10.1 Å². The lowest BCUT2D eigenvalue weighted by atomic mass is 9.80. The lowest BCUT2D eigenvalue weighted by Gasteiger charge is -2.32. The second-order valence-electron chi connectivity index (χ2n) is 5.49. The highest BCUT2D eigenvalue weighted by Gasteiger charge is 2.52. The van der Waals surface area contributed by atoms with E-state index in [1.807, 2.05) is 27.7 Å². The molecule has 6 nitrogen and oxygen atoms in total. The number of nitro groups is 1. The summed E-state index contributed by atoms with van der Waals surface area (Å²) in [6, 6.07) is 1.39. The standard InChI is InChI=1S/C11H15BN2O4S/c1-10(2)11(3,4)18-12(17-10)8-5-7(14(15)16)6-13-9(8)19/h5-6H,1-4H3,(H,13,19). The molecule has 1 aromatic heterocycles. The molecule has 0 aromatic carbocycles. The molecule has 1 N–H and O–H groups in total. The molecule has 2 rings (SSSR count). The molecule has 1 saturated heterocycles. The number of pyridine rings is 1. The zero-order valence-electron chi connectivity index (χ0n) is 11.2.